The SMILES string of the molecule is CC1(Br)C=CC=CC(C=O)=C1. The third-order valence-electron chi connectivity index (χ3n) is 1.41. The van der Waals surface area contributed by atoms with Crippen LogP contribution >= 0.6 is 15.9 Å². The largest absolute Gasteiger partial charge is 0.298 e. The maximum absolute atomic E-state index is 10.4. The predicted molar refractivity (Wildman–Crippen MR) is 49.8 cm³/mol. The molecule has 0 radical (unpaired) electrons. The first-order valence-electron chi connectivity index (χ1n) is 3.37. The van der Waals surface area contributed by atoms with Crippen LogP contribution in [0, 0.1) is 0 Å². The summed E-state index contributed by atoms with van der Waals surface area (Å²) in [6.45, 7) is 1.99. The van der Waals surface area contributed by atoms with Crippen LogP contribution in [0.2, 0.25) is 0 Å². The molecular weight excluding hydrogens is 204 g/mol. The van der Waals surface area contributed by atoms with E-state index in [0.717, 1.165) is 6.29 Å². The summed E-state index contributed by atoms with van der Waals surface area (Å²) in [5.74, 6) is 0. The van der Waals surface area contributed by atoms with Gasteiger partial charge in [-0.1, -0.05) is 46.3 Å². The lowest BCUT2D eigenvalue weighted by molar-refractivity contribution is -0.104. The van der Waals surface area contributed by atoms with E-state index >= 15 is 0 Å². The Morgan fingerprint density at radius 3 is 2.91 bits per heavy atom. The Morgan fingerprint density at radius 2 is 2.27 bits per heavy atom. The van der Waals surface area contributed by atoms with Gasteiger partial charge in [-0.25, -0.2) is 0 Å². The molecule has 0 N–H and O–H groups in total. The van der Waals surface area contributed by atoms with Gasteiger partial charge in [-0.05, 0) is 6.92 Å². The second-order valence-electron chi connectivity index (χ2n) is 2.63. The summed E-state index contributed by atoms with van der Waals surface area (Å²) in [4.78, 5) is 10.4. The van der Waals surface area contributed by atoms with E-state index in [-0.39, 0.29) is 4.32 Å². The van der Waals surface area contributed by atoms with Gasteiger partial charge in [-0.2, -0.15) is 0 Å². The van der Waals surface area contributed by atoms with Gasteiger partial charge in [0, 0.05) is 5.57 Å². The number of rotatable bonds is 1. The number of aldehydes is 1. The number of hydrogen-bond donors (Lipinski definition) is 0. The average molecular weight is 213 g/mol. The molecule has 1 rings (SSSR count). The van der Waals surface area contributed by atoms with E-state index in [1.165, 1.54) is 0 Å². The van der Waals surface area contributed by atoms with Gasteiger partial charge in [0.15, 0.2) is 0 Å². The van der Waals surface area contributed by atoms with Crippen molar-refractivity contribution in [1.82, 2.24) is 0 Å². The monoisotopic (exact) mass is 212 g/mol. The number of carbonyl (C=O) groups is 1. The summed E-state index contributed by atoms with van der Waals surface area (Å²) in [5.41, 5.74) is 0.703. The third-order valence-corrected chi connectivity index (χ3v) is 1.90. The van der Waals surface area contributed by atoms with Crippen molar-refractivity contribution in [1.29, 1.82) is 0 Å². The lowest BCUT2D eigenvalue weighted by atomic mass is 10.1. The first-order valence-corrected chi connectivity index (χ1v) is 4.16. The topological polar surface area (TPSA) is 17.1 Å². The fourth-order valence-corrected chi connectivity index (χ4v) is 1.32. The molecule has 1 atom stereocenters. The van der Waals surface area contributed by atoms with Crippen molar-refractivity contribution in [3.8, 4) is 0 Å². The van der Waals surface area contributed by atoms with Crippen LogP contribution < -0.4 is 0 Å². The molecule has 1 aliphatic carbocycles. The van der Waals surface area contributed by atoms with Gasteiger partial charge in [0.05, 0.1) is 4.32 Å². The van der Waals surface area contributed by atoms with Gasteiger partial charge in [0.2, 0.25) is 0 Å². The van der Waals surface area contributed by atoms with E-state index in [1.54, 1.807) is 6.08 Å². The number of allylic oxidation sites excluding steroid dienone is 6. The maximum atomic E-state index is 10.4. The minimum absolute atomic E-state index is 0.188. The molecule has 0 bridgehead atoms. The molecule has 0 heterocycles. The summed E-state index contributed by atoms with van der Waals surface area (Å²) in [7, 11) is 0. The van der Waals surface area contributed by atoms with Gasteiger partial charge in [-0.15, -0.1) is 0 Å². The summed E-state index contributed by atoms with van der Waals surface area (Å²) >= 11 is 3.46. The molecule has 0 amide bonds. The summed E-state index contributed by atoms with van der Waals surface area (Å²) in [6.07, 6.45) is 10.3. The molecule has 0 aromatic rings. The van der Waals surface area contributed by atoms with Gasteiger partial charge >= 0.3 is 0 Å². The minimum atomic E-state index is -0.188. The lowest BCUT2D eigenvalue weighted by Crippen LogP contribution is -2.07. The Labute approximate surface area is 74.6 Å². The molecule has 1 nitrogen and oxygen atoms in total. The Kier molecular flexibility index (Phi) is 2.45. The molecular formula is C9H9BrO. The first-order chi connectivity index (χ1) is 5.14. The zero-order chi connectivity index (χ0) is 8.32. The minimum Gasteiger partial charge on any atom is -0.298 e. The highest BCUT2D eigenvalue weighted by Gasteiger charge is 2.13. The van der Waals surface area contributed by atoms with Crippen LogP contribution in [0.15, 0.2) is 36.0 Å². The van der Waals surface area contributed by atoms with E-state index < -0.39 is 0 Å². The quantitative estimate of drug-likeness (QED) is 0.482. The molecule has 0 saturated carbocycles. The third kappa shape index (κ3) is 2.46. The second-order valence-corrected chi connectivity index (χ2v) is 4.34. The molecule has 0 spiro atoms. The molecule has 1 unspecified atom stereocenters. The molecule has 2 heteroatoms. The fourth-order valence-electron chi connectivity index (χ4n) is 0.906. The van der Waals surface area contributed by atoms with E-state index in [9.17, 15) is 4.79 Å². The number of alkyl halides is 1. The van der Waals surface area contributed by atoms with Crippen molar-refractivity contribution < 1.29 is 4.79 Å². The Balaban J connectivity index is 2.99. The van der Waals surface area contributed by atoms with Crippen molar-refractivity contribution in [2.75, 3.05) is 0 Å². The second kappa shape index (κ2) is 3.18. The fraction of sp³-hybridized carbons (Fsp3) is 0.222. The highest BCUT2D eigenvalue weighted by molar-refractivity contribution is 9.10. The maximum Gasteiger partial charge on any atom is 0.149 e. The van der Waals surface area contributed by atoms with Crippen LogP contribution in [0.3, 0.4) is 0 Å². The van der Waals surface area contributed by atoms with Crippen LogP contribution in [0.25, 0.3) is 0 Å². The van der Waals surface area contributed by atoms with Crippen molar-refractivity contribution in [3.63, 3.8) is 0 Å². The average Bonchev–Trinajstić information content (AvgIpc) is 2.10. The first kappa shape index (κ1) is 8.47. The van der Waals surface area contributed by atoms with E-state index in [0.29, 0.717) is 5.57 Å². The van der Waals surface area contributed by atoms with E-state index in [1.807, 2.05) is 31.2 Å². The van der Waals surface area contributed by atoms with Crippen LogP contribution in [0.4, 0.5) is 0 Å². The molecule has 0 fully saturated rings. The van der Waals surface area contributed by atoms with E-state index in [2.05, 4.69) is 15.9 Å². The molecule has 58 valence electrons. The van der Waals surface area contributed by atoms with E-state index in [4.69, 9.17) is 0 Å². The zero-order valence-electron chi connectivity index (χ0n) is 6.25. The van der Waals surface area contributed by atoms with Crippen molar-refractivity contribution in [2.45, 2.75) is 11.2 Å². The Hall–Kier alpha value is -0.630. The number of hydrogen-bond acceptors (Lipinski definition) is 1. The zero-order valence-corrected chi connectivity index (χ0v) is 7.84. The standard InChI is InChI=1S/C9H9BrO/c1-9(10)5-3-2-4-8(6-9)7-11/h2-7H,1H3. The molecule has 1 aliphatic rings. The lowest BCUT2D eigenvalue weighted by Gasteiger charge is -2.10. The summed E-state index contributed by atoms with van der Waals surface area (Å²) in [5, 5.41) is 0. The molecule has 0 saturated heterocycles. The van der Waals surface area contributed by atoms with Crippen LogP contribution in [0.1, 0.15) is 6.92 Å². The van der Waals surface area contributed by atoms with Crippen LogP contribution in [-0.2, 0) is 4.79 Å². The number of halogens is 1. The number of carbonyl (C=O) groups excluding carboxylic acids is 1. The molecule has 11 heavy (non-hydrogen) atoms. The predicted octanol–water partition coefficient (Wildman–Crippen LogP) is 2.39. The normalized spacial score (nSPS) is 29.5. The summed E-state index contributed by atoms with van der Waals surface area (Å²) < 4.78 is -0.188. The molecule has 0 aliphatic heterocycles. The van der Waals surface area contributed by atoms with Gasteiger partial charge < -0.3 is 0 Å². The van der Waals surface area contributed by atoms with Gasteiger partial charge in [0.1, 0.15) is 6.29 Å². The van der Waals surface area contributed by atoms with Crippen molar-refractivity contribution >= 4 is 22.2 Å². The van der Waals surface area contributed by atoms with Gasteiger partial charge in [-0.3, -0.25) is 4.79 Å². The van der Waals surface area contributed by atoms with Crippen LogP contribution in [0.5, 0.6) is 0 Å². The smallest absolute Gasteiger partial charge is 0.149 e. The molecule has 0 aromatic heterocycles. The van der Waals surface area contributed by atoms with Crippen molar-refractivity contribution in [2.24, 2.45) is 0 Å². The Bertz CT molecular complexity index is 246. The highest BCUT2D eigenvalue weighted by Crippen LogP contribution is 2.24. The Morgan fingerprint density at radius 1 is 1.55 bits per heavy atom. The van der Waals surface area contributed by atoms with Crippen molar-refractivity contribution in [3.05, 3.63) is 36.0 Å². The summed E-state index contributed by atoms with van der Waals surface area (Å²) in [6, 6.07) is 0. The van der Waals surface area contributed by atoms with Crippen LogP contribution in [-0.4, -0.2) is 10.6 Å². The molecule has 0 aromatic carbocycles. The van der Waals surface area contributed by atoms with Gasteiger partial charge in [0.25, 0.3) is 0 Å². The highest BCUT2D eigenvalue weighted by atomic mass is 79.9.